The summed E-state index contributed by atoms with van der Waals surface area (Å²) in [5, 5.41) is 13.4. The van der Waals surface area contributed by atoms with E-state index in [1.165, 1.54) is 17.7 Å². The zero-order chi connectivity index (χ0) is 24.6. The van der Waals surface area contributed by atoms with E-state index in [-0.39, 0.29) is 11.4 Å². The largest absolute Gasteiger partial charge is 0.497 e. The van der Waals surface area contributed by atoms with Crippen molar-refractivity contribution in [1.29, 1.82) is 0 Å². The second kappa shape index (κ2) is 8.92. The van der Waals surface area contributed by atoms with Gasteiger partial charge in [0.25, 0.3) is 5.56 Å². The summed E-state index contributed by atoms with van der Waals surface area (Å²) in [5.74, 6) is 0.898. The lowest BCUT2D eigenvalue weighted by atomic mass is 10.0. The molecular formula is C27H23FN6O2. The fourth-order valence-electron chi connectivity index (χ4n) is 4.89. The van der Waals surface area contributed by atoms with E-state index in [1.807, 2.05) is 30.3 Å². The summed E-state index contributed by atoms with van der Waals surface area (Å²) in [7, 11) is 1.59. The van der Waals surface area contributed by atoms with Gasteiger partial charge in [0.15, 0.2) is 5.82 Å². The van der Waals surface area contributed by atoms with Crippen LogP contribution in [0.1, 0.15) is 28.6 Å². The van der Waals surface area contributed by atoms with E-state index in [2.05, 4.69) is 37.5 Å². The molecule has 0 fully saturated rings. The summed E-state index contributed by atoms with van der Waals surface area (Å²) < 4.78 is 20.5. The molecule has 1 N–H and O–H groups in total. The van der Waals surface area contributed by atoms with Gasteiger partial charge in [-0.25, -0.2) is 9.07 Å². The molecule has 0 radical (unpaired) electrons. The van der Waals surface area contributed by atoms with Crippen LogP contribution < -0.4 is 15.2 Å². The lowest BCUT2D eigenvalue weighted by Crippen LogP contribution is -2.34. The molecular weight excluding hydrogens is 459 g/mol. The molecule has 0 unspecified atom stereocenters. The van der Waals surface area contributed by atoms with E-state index in [4.69, 9.17) is 4.74 Å². The van der Waals surface area contributed by atoms with Crippen molar-refractivity contribution in [2.75, 3.05) is 18.6 Å². The van der Waals surface area contributed by atoms with Gasteiger partial charge >= 0.3 is 0 Å². The number of benzene rings is 3. The Balaban J connectivity index is 1.50. The zero-order valence-corrected chi connectivity index (χ0v) is 19.6. The molecule has 1 aliphatic heterocycles. The molecule has 0 amide bonds. The maximum atomic E-state index is 13.5. The number of methoxy groups -OCH3 is 1. The number of aromatic amines is 1. The van der Waals surface area contributed by atoms with Crippen molar-refractivity contribution >= 4 is 16.6 Å². The molecule has 3 heterocycles. The summed E-state index contributed by atoms with van der Waals surface area (Å²) in [6.07, 6.45) is 0.856. The number of aromatic nitrogens is 5. The molecule has 1 atom stereocenters. The third-order valence-corrected chi connectivity index (χ3v) is 6.66. The second-order valence-electron chi connectivity index (χ2n) is 8.80. The van der Waals surface area contributed by atoms with E-state index < -0.39 is 6.04 Å². The van der Waals surface area contributed by atoms with Crippen molar-refractivity contribution < 1.29 is 9.13 Å². The number of nitrogens with zero attached hydrogens (tertiary/aromatic N) is 5. The molecule has 3 aromatic carbocycles. The van der Waals surface area contributed by atoms with Crippen molar-refractivity contribution in [3.63, 3.8) is 0 Å². The quantitative estimate of drug-likeness (QED) is 0.395. The van der Waals surface area contributed by atoms with Crippen molar-refractivity contribution in [3.8, 4) is 5.75 Å². The van der Waals surface area contributed by atoms with Crippen LogP contribution in [0, 0.1) is 5.82 Å². The average molecular weight is 483 g/mol. The summed E-state index contributed by atoms with van der Waals surface area (Å²) in [6.45, 7) is 1.06. The number of anilines is 1. The minimum absolute atomic E-state index is 0.221. The first kappa shape index (κ1) is 22.0. The fourth-order valence-corrected chi connectivity index (χ4v) is 4.89. The topological polar surface area (TPSA) is 88.9 Å². The number of H-pyrrole nitrogens is 1. The molecule has 36 heavy (non-hydrogen) atoms. The first-order valence-corrected chi connectivity index (χ1v) is 11.7. The average Bonchev–Trinajstić information content (AvgIpc) is 3.53. The van der Waals surface area contributed by atoms with Crippen LogP contribution in [-0.2, 0) is 13.0 Å². The zero-order valence-electron chi connectivity index (χ0n) is 19.6. The number of hydrogen-bond donors (Lipinski definition) is 1. The Morgan fingerprint density at radius 2 is 1.92 bits per heavy atom. The maximum absolute atomic E-state index is 13.5. The summed E-state index contributed by atoms with van der Waals surface area (Å²) >= 11 is 0. The van der Waals surface area contributed by atoms with Gasteiger partial charge in [-0.15, -0.1) is 5.10 Å². The van der Waals surface area contributed by atoms with Gasteiger partial charge in [-0.2, -0.15) is 0 Å². The van der Waals surface area contributed by atoms with E-state index in [0.29, 0.717) is 35.7 Å². The minimum atomic E-state index is -0.528. The highest BCUT2D eigenvalue weighted by atomic mass is 19.1. The Hall–Kier alpha value is -4.53. The summed E-state index contributed by atoms with van der Waals surface area (Å²) in [6, 6.07) is 21.4. The summed E-state index contributed by atoms with van der Waals surface area (Å²) in [5.41, 5.74) is 4.12. The predicted octanol–water partition coefficient (Wildman–Crippen LogP) is 3.86. The van der Waals surface area contributed by atoms with Crippen LogP contribution >= 0.6 is 0 Å². The SMILES string of the molecule is COc1ccc2cc([C@@H](c3nnnn3Cc3ccc(F)cc3)N3CCc4ccccc43)c(=O)[nH]c2c1. The Kier molecular flexibility index (Phi) is 5.44. The normalized spacial score (nSPS) is 13.7. The van der Waals surface area contributed by atoms with E-state index >= 15 is 0 Å². The number of pyridine rings is 1. The van der Waals surface area contributed by atoms with Crippen LogP contribution in [0.25, 0.3) is 10.9 Å². The first-order chi connectivity index (χ1) is 17.6. The van der Waals surface area contributed by atoms with Crippen molar-refractivity contribution in [2.45, 2.75) is 19.0 Å². The number of hydrogen-bond acceptors (Lipinski definition) is 6. The number of rotatable bonds is 6. The Morgan fingerprint density at radius 3 is 2.75 bits per heavy atom. The fraction of sp³-hybridized carbons (Fsp3) is 0.185. The van der Waals surface area contributed by atoms with Crippen LogP contribution in [-0.4, -0.2) is 38.8 Å². The summed E-state index contributed by atoms with van der Waals surface area (Å²) in [4.78, 5) is 18.7. The Morgan fingerprint density at radius 1 is 1.08 bits per heavy atom. The lowest BCUT2D eigenvalue weighted by molar-refractivity contribution is 0.415. The van der Waals surface area contributed by atoms with Gasteiger partial charge in [0.05, 0.1) is 19.2 Å². The number of fused-ring (bicyclic) bond motifs is 2. The third kappa shape index (κ3) is 3.88. The molecule has 6 rings (SSSR count). The van der Waals surface area contributed by atoms with Gasteiger partial charge < -0.3 is 14.6 Å². The first-order valence-electron chi connectivity index (χ1n) is 11.7. The van der Waals surface area contributed by atoms with Gasteiger partial charge in [0.2, 0.25) is 0 Å². The van der Waals surface area contributed by atoms with Gasteiger partial charge in [0.1, 0.15) is 17.6 Å². The van der Waals surface area contributed by atoms with Crippen molar-refractivity contribution in [1.82, 2.24) is 25.2 Å². The van der Waals surface area contributed by atoms with E-state index in [9.17, 15) is 9.18 Å². The van der Waals surface area contributed by atoms with Gasteiger partial charge in [-0.3, -0.25) is 4.79 Å². The lowest BCUT2D eigenvalue weighted by Gasteiger charge is -2.29. The number of tetrazole rings is 1. The van der Waals surface area contributed by atoms with Crippen molar-refractivity contribution in [2.24, 2.45) is 0 Å². The van der Waals surface area contributed by atoms with Crippen LogP contribution in [0.15, 0.2) is 77.6 Å². The highest BCUT2D eigenvalue weighted by molar-refractivity contribution is 5.81. The van der Waals surface area contributed by atoms with Crippen LogP contribution in [0.5, 0.6) is 5.75 Å². The molecule has 0 aliphatic carbocycles. The standard InChI is InChI=1S/C27H23FN6O2/c1-36-21-11-8-19-14-22(27(35)29-23(19)15-21)25(33-13-12-18-4-2-3-5-24(18)33)26-30-31-32-34(26)16-17-6-9-20(28)10-7-17/h2-11,14-15,25H,12-13,16H2,1H3,(H,29,35)/t25-/m0/s1. The number of halogens is 1. The molecule has 2 aromatic heterocycles. The molecule has 0 bridgehead atoms. The number of para-hydroxylation sites is 1. The molecule has 0 saturated heterocycles. The monoisotopic (exact) mass is 482 g/mol. The molecule has 180 valence electrons. The van der Waals surface area contributed by atoms with Gasteiger partial charge in [0, 0.05) is 23.9 Å². The Labute approximate surface area is 206 Å². The minimum Gasteiger partial charge on any atom is -0.497 e. The molecule has 0 saturated carbocycles. The maximum Gasteiger partial charge on any atom is 0.254 e. The molecule has 0 spiro atoms. The van der Waals surface area contributed by atoms with E-state index in [0.717, 1.165) is 23.1 Å². The molecule has 5 aromatic rings. The number of nitrogens with one attached hydrogen (secondary N) is 1. The van der Waals surface area contributed by atoms with Crippen LogP contribution in [0.3, 0.4) is 0 Å². The van der Waals surface area contributed by atoms with Gasteiger partial charge in [-0.1, -0.05) is 30.3 Å². The highest BCUT2D eigenvalue weighted by Crippen LogP contribution is 2.37. The second-order valence-corrected chi connectivity index (χ2v) is 8.80. The number of ether oxygens (including phenoxy) is 1. The Bertz CT molecular complexity index is 1610. The smallest absolute Gasteiger partial charge is 0.254 e. The third-order valence-electron chi connectivity index (χ3n) is 6.66. The molecule has 9 heteroatoms. The predicted molar refractivity (Wildman–Crippen MR) is 134 cm³/mol. The van der Waals surface area contributed by atoms with Crippen molar-refractivity contribution in [3.05, 3.63) is 111 Å². The highest BCUT2D eigenvalue weighted by Gasteiger charge is 2.34. The van der Waals surface area contributed by atoms with Crippen LogP contribution in [0.2, 0.25) is 0 Å². The molecule has 1 aliphatic rings. The van der Waals surface area contributed by atoms with Gasteiger partial charge in [-0.05, 0) is 69.8 Å². The van der Waals surface area contributed by atoms with Crippen LogP contribution in [0.4, 0.5) is 10.1 Å². The molecule has 8 nitrogen and oxygen atoms in total. The van der Waals surface area contributed by atoms with E-state index in [1.54, 1.807) is 30.0 Å².